The highest BCUT2D eigenvalue weighted by atomic mass is 35.5. The number of rotatable bonds is 13. The van der Waals surface area contributed by atoms with Gasteiger partial charge in [-0.2, -0.15) is 0 Å². The summed E-state index contributed by atoms with van der Waals surface area (Å²) < 4.78 is 6.95. The quantitative estimate of drug-likeness (QED) is 0.420. The smallest absolute Gasteiger partial charge is 0.303 e. The Bertz CT molecular complexity index is 890. The predicted octanol–water partition coefficient (Wildman–Crippen LogP) is 4.88. The molecule has 0 spiro atoms. The maximum Gasteiger partial charge on any atom is 0.303 e. The molecule has 0 fully saturated rings. The number of amides is 1. The van der Waals surface area contributed by atoms with Gasteiger partial charge >= 0.3 is 5.97 Å². The summed E-state index contributed by atoms with van der Waals surface area (Å²) in [6.45, 7) is 3.85. The summed E-state index contributed by atoms with van der Waals surface area (Å²) in [6.07, 6.45) is 3.73. The average molecular weight is 472 g/mol. The van der Waals surface area contributed by atoms with Crippen molar-refractivity contribution in [2.45, 2.75) is 51.4 Å². The zero-order valence-electron chi connectivity index (χ0n) is 18.4. The van der Waals surface area contributed by atoms with Crippen LogP contribution in [0.5, 0.6) is 0 Å². The number of carbonyl (C=O) groups is 2. The first-order valence-electron chi connectivity index (χ1n) is 10.6. The maximum atomic E-state index is 13.6. The minimum Gasteiger partial charge on any atom is -0.481 e. The van der Waals surface area contributed by atoms with Crippen molar-refractivity contribution in [3.8, 4) is 0 Å². The molecule has 0 saturated carbocycles. The normalized spacial score (nSPS) is 12.3. The van der Waals surface area contributed by atoms with Gasteiger partial charge in [0.05, 0.1) is 27.0 Å². The van der Waals surface area contributed by atoms with E-state index in [2.05, 4.69) is 11.9 Å². The Morgan fingerprint density at radius 3 is 2.52 bits per heavy atom. The van der Waals surface area contributed by atoms with E-state index in [1.807, 2.05) is 11.9 Å². The maximum absolute atomic E-state index is 13.6. The van der Waals surface area contributed by atoms with Gasteiger partial charge in [0, 0.05) is 40.3 Å². The van der Waals surface area contributed by atoms with Crippen molar-refractivity contribution < 1.29 is 19.4 Å². The molecule has 0 saturated heterocycles. The number of halogens is 2. The molecule has 1 atom stereocenters. The number of carboxylic acid groups (broad SMARTS) is 1. The molecule has 0 aliphatic heterocycles. The predicted molar refractivity (Wildman–Crippen MR) is 123 cm³/mol. The zero-order chi connectivity index (χ0) is 23.0. The highest BCUT2D eigenvalue weighted by molar-refractivity contribution is 6.42. The highest BCUT2D eigenvalue weighted by Crippen LogP contribution is 2.31. The van der Waals surface area contributed by atoms with Crippen molar-refractivity contribution in [1.29, 1.82) is 0 Å². The molecule has 7 nitrogen and oxygen atoms in total. The van der Waals surface area contributed by atoms with E-state index in [1.165, 1.54) is 0 Å². The first-order chi connectivity index (χ1) is 14.8. The number of unbranched alkanes of at least 4 members (excludes halogenated alkanes) is 2. The molecule has 0 aliphatic carbocycles. The number of carbonyl (C=O) groups excluding carboxylic acids is 1. The summed E-state index contributed by atoms with van der Waals surface area (Å²) in [5.41, 5.74) is 1.37. The number of carboxylic acids is 1. The van der Waals surface area contributed by atoms with Gasteiger partial charge in [-0.3, -0.25) is 9.59 Å². The standard InChI is InChI=1S/C22H31Cl2N3O4/c1-4-5-6-10-27(11-7-12-31-3)22(30)15(8-9-20(28)29)21-25-18-13-16(23)17(24)14-19(18)26(21)2/h13-15H,4-12H2,1-3H3,(H,28,29). The number of aromatic nitrogens is 2. The Kier molecular flexibility index (Phi) is 10.1. The fourth-order valence-corrected chi connectivity index (χ4v) is 3.97. The third kappa shape index (κ3) is 6.82. The van der Waals surface area contributed by atoms with Crippen LogP contribution in [0.2, 0.25) is 10.0 Å². The number of hydrogen-bond donors (Lipinski definition) is 1. The van der Waals surface area contributed by atoms with Crippen LogP contribution >= 0.6 is 23.2 Å². The molecule has 1 heterocycles. The van der Waals surface area contributed by atoms with E-state index >= 15 is 0 Å². The van der Waals surface area contributed by atoms with Gasteiger partial charge in [-0.1, -0.05) is 43.0 Å². The van der Waals surface area contributed by atoms with Gasteiger partial charge in [0.15, 0.2) is 0 Å². The lowest BCUT2D eigenvalue weighted by molar-refractivity contribution is -0.138. The SMILES string of the molecule is CCCCCN(CCCOC)C(=O)C(CCC(=O)O)c1nc2cc(Cl)c(Cl)cc2n1C. The Balaban J connectivity index is 2.40. The number of aliphatic carboxylic acids is 1. The van der Waals surface area contributed by atoms with Gasteiger partial charge in [-0.05, 0) is 31.4 Å². The van der Waals surface area contributed by atoms with Gasteiger partial charge < -0.3 is 19.3 Å². The van der Waals surface area contributed by atoms with Crippen molar-refractivity contribution in [3.63, 3.8) is 0 Å². The Morgan fingerprint density at radius 1 is 1.19 bits per heavy atom. The number of nitrogens with zero attached hydrogens (tertiary/aromatic N) is 3. The fourth-order valence-electron chi connectivity index (χ4n) is 3.65. The van der Waals surface area contributed by atoms with Crippen molar-refractivity contribution in [2.75, 3.05) is 26.8 Å². The van der Waals surface area contributed by atoms with Crippen molar-refractivity contribution in [1.82, 2.24) is 14.5 Å². The van der Waals surface area contributed by atoms with Crippen LogP contribution in [-0.4, -0.2) is 58.2 Å². The largest absolute Gasteiger partial charge is 0.481 e. The number of methoxy groups -OCH3 is 1. The van der Waals surface area contributed by atoms with E-state index in [0.29, 0.717) is 47.5 Å². The molecular formula is C22H31Cl2N3O4. The third-order valence-electron chi connectivity index (χ3n) is 5.33. The van der Waals surface area contributed by atoms with E-state index in [1.54, 1.807) is 23.8 Å². The first kappa shape index (κ1) is 25.4. The van der Waals surface area contributed by atoms with Crippen LogP contribution in [0.15, 0.2) is 12.1 Å². The monoisotopic (exact) mass is 471 g/mol. The minimum absolute atomic E-state index is 0.107. The summed E-state index contributed by atoms with van der Waals surface area (Å²) in [5.74, 6) is -1.20. The number of benzene rings is 1. The molecule has 2 aromatic rings. The average Bonchev–Trinajstić information content (AvgIpc) is 3.02. The van der Waals surface area contributed by atoms with Gasteiger partial charge in [0.2, 0.25) is 5.91 Å². The van der Waals surface area contributed by atoms with Gasteiger partial charge in [0.1, 0.15) is 5.82 Å². The van der Waals surface area contributed by atoms with Gasteiger partial charge in [-0.25, -0.2) is 4.98 Å². The van der Waals surface area contributed by atoms with Gasteiger partial charge in [-0.15, -0.1) is 0 Å². The summed E-state index contributed by atoms with van der Waals surface area (Å²) in [5, 5.41) is 10.0. The van der Waals surface area contributed by atoms with Crippen LogP contribution in [-0.2, 0) is 21.4 Å². The second-order valence-corrected chi connectivity index (χ2v) is 8.46. The molecule has 1 aromatic heterocycles. The lowest BCUT2D eigenvalue weighted by Gasteiger charge is -2.27. The highest BCUT2D eigenvalue weighted by Gasteiger charge is 2.30. The first-order valence-corrected chi connectivity index (χ1v) is 11.4. The van der Waals surface area contributed by atoms with Crippen LogP contribution in [0.1, 0.15) is 57.2 Å². The molecule has 172 valence electrons. The van der Waals surface area contributed by atoms with Crippen molar-refractivity contribution >= 4 is 46.1 Å². The second kappa shape index (κ2) is 12.3. The molecule has 2 rings (SSSR count). The van der Waals surface area contributed by atoms with Crippen LogP contribution in [0.3, 0.4) is 0 Å². The van der Waals surface area contributed by atoms with E-state index in [-0.39, 0.29) is 18.7 Å². The van der Waals surface area contributed by atoms with Gasteiger partial charge in [0.25, 0.3) is 0 Å². The second-order valence-electron chi connectivity index (χ2n) is 7.65. The summed E-state index contributed by atoms with van der Waals surface area (Å²) in [7, 11) is 3.44. The van der Waals surface area contributed by atoms with Crippen LogP contribution in [0.4, 0.5) is 0 Å². The van der Waals surface area contributed by atoms with E-state index < -0.39 is 11.9 Å². The topological polar surface area (TPSA) is 84.7 Å². The molecule has 0 aliphatic rings. The van der Waals surface area contributed by atoms with Crippen molar-refractivity contribution in [2.24, 2.45) is 7.05 Å². The van der Waals surface area contributed by atoms with Crippen LogP contribution < -0.4 is 0 Å². The lowest BCUT2D eigenvalue weighted by Crippen LogP contribution is -2.38. The fraction of sp³-hybridized carbons (Fsp3) is 0.591. The number of ether oxygens (including phenoxy) is 1. The molecule has 1 N–H and O–H groups in total. The number of hydrogen-bond acceptors (Lipinski definition) is 4. The third-order valence-corrected chi connectivity index (χ3v) is 6.06. The molecule has 1 unspecified atom stereocenters. The number of imidazole rings is 1. The summed E-state index contributed by atoms with van der Waals surface area (Å²) in [4.78, 5) is 31.4. The van der Waals surface area contributed by atoms with E-state index in [0.717, 1.165) is 24.8 Å². The Morgan fingerprint density at radius 2 is 1.87 bits per heavy atom. The molecule has 1 amide bonds. The molecule has 1 aromatic carbocycles. The Hall–Kier alpha value is -1.83. The summed E-state index contributed by atoms with van der Waals surface area (Å²) >= 11 is 12.3. The van der Waals surface area contributed by atoms with Crippen LogP contribution in [0, 0.1) is 0 Å². The summed E-state index contributed by atoms with van der Waals surface area (Å²) in [6, 6.07) is 3.38. The van der Waals surface area contributed by atoms with E-state index in [4.69, 9.17) is 27.9 Å². The minimum atomic E-state index is -0.945. The number of aryl methyl sites for hydroxylation is 1. The molecule has 0 radical (unpaired) electrons. The molecule has 0 bridgehead atoms. The van der Waals surface area contributed by atoms with E-state index in [9.17, 15) is 14.7 Å². The lowest BCUT2D eigenvalue weighted by atomic mass is 9.99. The molecule has 9 heteroatoms. The molecule has 31 heavy (non-hydrogen) atoms. The Labute approximate surface area is 193 Å². The number of fused-ring (bicyclic) bond motifs is 1. The van der Waals surface area contributed by atoms with Crippen LogP contribution in [0.25, 0.3) is 11.0 Å². The molecular weight excluding hydrogens is 441 g/mol. The van der Waals surface area contributed by atoms with Crippen molar-refractivity contribution in [3.05, 3.63) is 28.0 Å². The zero-order valence-corrected chi connectivity index (χ0v) is 19.9.